The Labute approximate surface area is 106 Å². The summed E-state index contributed by atoms with van der Waals surface area (Å²) in [5.41, 5.74) is 0.762. The minimum absolute atomic E-state index is 0.0151. The lowest BCUT2D eigenvalue weighted by Crippen LogP contribution is -2.22. The first-order valence-electron chi connectivity index (χ1n) is 4.94. The van der Waals surface area contributed by atoms with Crippen LogP contribution in [0.25, 0.3) is 0 Å². The first-order valence-corrected chi connectivity index (χ1v) is 6.85. The van der Waals surface area contributed by atoms with Crippen molar-refractivity contribution in [2.75, 3.05) is 5.33 Å². The molecule has 3 nitrogen and oxygen atoms in total. The second-order valence-corrected chi connectivity index (χ2v) is 4.98. The maximum absolute atomic E-state index is 11.7. The van der Waals surface area contributed by atoms with Gasteiger partial charge in [0.1, 0.15) is 4.47 Å². The van der Waals surface area contributed by atoms with Gasteiger partial charge in [0.15, 0.2) is 0 Å². The smallest absolute Gasteiger partial charge is 0.267 e. The number of aromatic nitrogens is 2. The summed E-state index contributed by atoms with van der Waals surface area (Å²) < 4.78 is 2.23. The van der Waals surface area contributed by atoms with Gasteiger partial charge in [-0.3, -0.25) is 9.36 Å². The molecular weight excluding hydrogens is 324 g/mol. The van der Waals surface area contributed by atoms with Crippen LogP contribution in [0.15, 0.2) is 15.6 Å². The van der Waals surface area contributed by atoms with Gasteiger partial charge in [-0.1, -0.05) is 22.4 Å². The highest BCUT2D eigenvalue weighted by Crippen LogP contribution is 2.07. The zero-order valence-corrected chi connectivity index (χ0v) is 11.8. The van der Waals surface area contributed by atoms with Crippen LogP contribution in [0.3, 0.4) is 0 Å². The molecule has 0 radical (unpaired) electrons. The summed E-state index contributed by atoms with van der Waals surface area (Å²) in [6.07, 6.45) is 4.91. The normalized spacial score (nSPS) is 10.6. The number of aryl methyl sites for hydroxylation is 2. The molecule has 1 rings (SSSR count). The summed E-state index contributed by atoms with van der Waals surface area (Å²) in [5, 5.41) is 1.03. The molecule has 84 valence electrons. The van der Waals surface area contributed by atoms with E-state index < -0.39 is 0 Å². The van der Waals surface area contributed by atoms with E-state index in [0.717, 1.165) is 36.8 Å². The second kappa shape index (κ2) is 6.43. The molecule has 1 aromatic heterocycles. The summed E-state index contributed by atoms with van der Waals surface area (Å²) in [4.78, 5) is 15.9. The standard InChI is InChI=1S/C10H14Br2N2O/c1-8-9(12)10(15)14(7-13-8)6-4-2-3-5-11/h7H,2-6H2,1H3. The van der Waals surface area contributed by atoms with Crippen LogP contribution in [-0.4, -0.2) is 14.9 Å². The number of halogens is 2. The summed E-state index contributed by atoms with van der Waals surface area (Å²) >= 11 is 6.63. The van der Waals surface area contributed by atoms with Crippen LogP contribution in [0, 0.1) is 6.92 Å². The zero-order valence-electron chi connectivity index (χ0n) is 8.67. The molecule has 0 aliphatic rings. The third-order valence-electron chi connectivity index (χ3n) is 2.19. The minimum atomic E-state index is 0.0151. The highest BCUT2D eigenvalue weighted by Gasteiger charge is 2.04. The van der Waals surface area contributed by atoms with Crippen LogP contribution in [-0.2, 0) is 6.54 Å². The molecular formula is C10H14Br2N2O. The Bertz CT molecular complexity index is 376. The van der Waals surface area contributed by atoms with Crippen molar-refractivity contribution in [1.82, 2.24) is 9.55 Å². The fraction of sp³-hybridized carbons (Fsp3) is 0.600. The summed E-state index contributed by atoms with van der Waals surface area (Å²) in [6, 6.07) is 0. The number of rotatable bonds is 5. The van der Waals surface area contributed by atoms with Gasteiger partial charge in [0, 0.05) is 11.9 Å². The number of nitrogens with zero attached hydrogens (tertiary/aromatic N) is 2. The van der Waals surface area contributed by atoms with Crippen molar-refractivity contribution in [3.8, 4) is 0 Å². The molecule has 1 heterocycles. The van der Waals surface area contributed by atoms with E-state index in [1.165, 1.54) is 0 Å². The molecule has 0 spiro atoms. The van der Waals surface area contributed by atoms with Gasteiger partial charge in [0.05, 0.1) is 12.0 Å². The average Bonchev–Trinajstić information content (AvgIpc) is 2.24. The lowest BCUT2D eigenvalue weighted by molar-refractivity contribution is 0.578. The molecule has 0 fully saturated rings. The molecule has 0 atom stereocenters. The van der Waals surface area contributed by atoms with Crippen molar-refractivity contribution in [3.05, 3.63) is 26.8 Å². The molecule has 0 saturated heterocycles. The summed E-state index contributed by atoms with van der Waals surface area (Å²) in [6.45, 7) is 2.57. The van der Waals surface area contributed by atoms with Gasteiger partial charge >= 0.3 is 0 Å². The van der Waals surface area contributed by atoms with Crippen molar-refractivity contribution >= 4 is 31.9 Å². The van der Waals surface area contributed by atoms with Crippen molar-refractivity contribution in [2.45, 2.75) is 32.7 Å². The maximum atomic E-state index is 11.7. The van der Waals surface area contributed by atoms with Crippen LogP contribution in [0.4, 0.5) is 0 Å². The third-order valence-corrected chi connectivity index (χ3v) is 3.66. The first-order chi connectivity index (χ1) is 7.16. The first kappa shape index (κ1) is 12.9. The van der Waals surface area contributed by atoms with Crippen molar-refractivity contribution in [2.24, 2.45) is 0 Å². The number of unbranched alkanes of at least 4 members (excludes halogenated alkanes) is 2. The van der Waals surface area contributed by atoms with Gasteiger partial charge in [-0.15, -0.1) is 0 Å². The molecule has 0 aliphatic carbocycles. The van der Waals surface area contributed by atoms with Crippen molar-refractivity contribution < 1.29 is 0 Å². The van der Waals surface area contributed by atoms with E-state index in [-0.39, 0.29) is 5.56 Å². The molecule has 0 unspecified atom stereocenters. The fourth-order valence-electron chi connectivity index (χ4n) is 1.26. The Hall–Kier alpha value is -0.160. The summed E-state index contributed by atoms with van der Waals surface area (Å²) in [7, 11) is 0. The Morgan fingerprint density at radius 1 is 1.40 bits per heavy atom. The fourth-order valence-corrected chi connectivity index (χ4v) is 1.99. The monoisotopic (exact) mass is 336 g/mol. The Morgan fingerprint density at radius 2 is 2.13 bits per heavy atom. The van der Waals surface area contributed by atoms with Gasteiger partial charge in [0.25, 0.3) is 5.56 Å². The minimum Gasteiger partial charge on any atom is -0.298 e. The molecule has 1 aromatic rings. The zero-order chi connectivity index (χ0) is 11.3. The SMILES string of the molecule is Cc1ncn(CCCCCBr)c(=O)c1Br. The van der Waals surface area contributed by atoms with E-state index in [1.54, 1.807) is 10.9 Å². The van der Waals surface area contributed by atoms with E-state index in [1.807, 2.05) is 6.92 Å². The lowest BCUT2D eigenvalue weighted by Gasteiger charge is -2.06. The number of hydrogen-bond acceptors (Lipinski definition) is 2. The predicted molar refractivity (Wildman–Crippen MR) is 68.6 cm³/mol. The van der Waals surface area contributed by atoms with E-state index in [9.17, 15) is 4.79 Å². The van der Waals surface area contributed by atoms with Gasteiger partial charge in [-0.25, -0.2) is 4.98 Å². The number of alkyl halides is 1. The second-order valence-electron chi connectivity index (χ2n) is 3.39. The van der Waals surface area contributed by atoms with E-state index in [4.69, 9.17) is 0 Å². The van der Waals surface area contributed by atoms with E-state index in [2.05, 4.69) is 36.8 Å². The molecule has 5 heteroatoms. The molecule has 0 saturated carbocycles. The van der Waals surface area contributed by atoms with Gasteiger partial charge < -0.3 is 0 Å². The molecule has 0 aliphatic heterocycles. The van der Waals surface area contributed by atoms with Crippen LogP contribution in [0.2, 0.25) is 0 Å². The van der Waals surface area contributed by atoms with Crippen molar-refractivity contribution in [1.29, 1.82) is 0 Å². The highest BCUT2D eigenvalue weighted by atomic mass is 79.9. The average molecular weight is 338 g/mol. The molecule has 0 amide bonds. The molecule has 0 N–H and O–H groups in total. The van der Waals surface area contributed by atoms with Crippen LogP contribution < -0.4 is 5.56 Å². The molecule has 0 aromatic carbocycles. The topological polar surface area (TPSA) is 34.9 Å². The van der Waals surface area contributed by atoms with Gasteiger partial charge in [0.2, 0.25) is 0 Å². The highest BCUT2D eigenvalue weighted by molar-refractivity contribution is 9.10. The van der Waals surface area contributed by atoms with E-state index in [0.29, 0.717) is 4.47 Å². The lowest BCUT2D eigenvalue weighted by atomic mass is 10.2. The third kappa shape index (κ3) is 3.72. The quantitative estimate of drug-likeness (QED) is 0.611. The maximum Gasteiger partial charge on any atom is 0.267 e. The Balaban J connectivity index is 2.63. The molecule has 15 heavy (non-hydrogen) atoms. The van der Waals surface area contributed by atoms with Crippen molar-refractivity contribution in [3.63, 3.8) is 0 Å². The van der Waals surface area contributed by atoms with E-state index >= 15 is 0 Å². The Morgan fingerprint density at radius 3 is 2.80 bits per heavy atom. The summed E-state index contributed by atoms with van der Waals surface area (Å²) in [5.74, 6) is 0. The number of hydrogen-bond donors (Lipinski definition) is 0. The van der Waals surface area contributed by atoms with Crippen LogP contribution in [0.5, 0.6) is 0 Å². The van der Waals surface area contributed by atoms with Crippen LogP contribution >= 0.6 is 31.9 Å². The van der Waals surface area contributed by atoms with Gasteiger partial charge in [-0.2, -0.15) is 0 Å². The Kier molecular flexibility index (Phi) is 5.53. The van der Waals surface area contributed by atoms with Gasteiger partial charge in [-0.05, 0) is 35.7 Å². The van der Waals surface area contributed by atoms with Crippen LogP contribution in [0.1, 0.15) is 25.0 Å². The largest absolute Gasteiger partial charge is 0.298 e. The molecule has 0 bridgehead atoms. The predicted octanol–water partition coefficient (Wildman–Crippen LogP) is 2.88.